The molecule has 13 heteroatoms. The van der Waals surface area contributed by atoms with Gasteiger partial charge in [0, 0.05) is 30.1 Å². The number of carboxylic acids is 1. The number of aliphatic hydroxyl groups excluding tert-OH is 1. The smallest absolute Gasteiger partial charge is 0.309 e. The topological polar surface area (TPSA) is 170 Å². The van der Waals surface area contributed by atoms with Gasteiger partial charge in [0.2, 0.25) is 5.91 Å². The predicted octanol–water partition coefficient (Wildman–Crippen LogP) is 6.71. The molecule has 18 atom stereocenters. The van der Waals surface area contributed by atoms with Crippen LogP contribution in [0, 0.1) is 41.4 Å². The van der Waals surface area contributed by atoms with Crippen LogP contribution in [-0.2, 0) is 38.1 Å². The highest BCUT2D eigenvalue weighted by atomic mass is 79.9. The Morgan fingerprint density at radius 2 is 1.60 bits per heavy atom. The fourth-order valence-electron chi connectivity index (χ4n) is 10.9. The molecule has 4 fully saturated rings. The molecule has 1 unspecified atom stereocenters. The summed E-state index contributed by atoms with van der Waals surface area (Å²) in [6.07, 6.45) is 6.70. The maximum Gasteiger partial charge on any atom is 0.309 e. The van der Waals surface area contributed by atoms with Gasteiger partial charge < -0.3 is 44.3 Å². The molecule has 2 spiro atoms. The Morgan fingerprint density at radius 3 is 2.19 bits per heavy atom. The van der Waals surface area contributed by atoms with Gasteiger partial charge in [0.05, 0.1) is 59.1 Å². The van der Waals surface area contributed by atoms with E-state index in [9.17, 15) is 29.7 Å². The Morgan fingerprint density at radius 1 is 0.912 bits per heavy atom. The minimum Gasteiger partial charge on any atom is -0.481 e. The van der Waals surface area contributed by atoms with Crippen molar-refractivity contribution in [2.24, 2.45) is 41.4 Å². The van der Waals surface area contributed by atoms with Crippen LogP contribution < -0.4 is 5.32 Å². The van der Waals surface area contributed by atoms with E-state index in [1.807, 2.05) is 53.7 Å². The zero-order valence-electron chi connectivity index (χ0n) is 36.0. The number of hydrogen-bond acceptors (Lipinski definition) is 10. The van der Waals surface area contributed by atoms with Crippen molar-refractivity contribution in [3.8, 4) is 0 Å². The molecule has 0 bridgehead atoms. The summed E-state index contributed by atoms with van der Waals surface area (Å²) >= 11 is 3.29. The van der Waals surface area contributed by atoms with E-state index in [1.54, 1.807) is 6.92 Å². The summed E-state index contributed by atoms with van der Waals surface area (Å²) in [4.78, 5) is 39.4. The molecule has 57 heavy (non-hydrogen) atoms. The molecule has 5 aliphatic heterocycles. The first-order valence-corrected chi connectivity index (χ1v) is 23.0. The molecule has 0 aliphatic carbocycles. The molecule has 5 aliphatic rings. The average Bonchev–Trinajstić information content (AvgIpc) is 3.52. The van der Waals surface area contributed by atoms with Crippen LogP contribution >= 0.6 is 15.9 Å². The minimum atomic E-state index is -1.29. The molecule has 0 aromatic rings. The SMILES string of the molecule is CC[C@@H](C(=O)[C@@H](C)[C@@H](O)[C@H](C)[C@@H]1O[C@@H]([C@@H](CC)C(=O)O)CC[C@@H]1C)[C@H]1O[C@]2(C=CC(NC(=O)CBr)[C@]3(CC[C@@](C)([C@H]4CC[C@](O)(CC)[C@H](C)O4)O3)O2)[C@H](C)C[C@@H]1C. The number of carbonyl (C=O) groups is 3. The first-order valence-electron chi connectivity index (χ1n) is 21.8. The third-order valence-electron chi connectivity index (χ3n) is 14.9. The zero-order chi connectivity index (χ0) is 42.2. The van der Waals surface area contributed by atoms with E-state index in [2.05, 4.69) is 42.0 Å². The highest BCUT2D eigenvalue weighted by molar-refractivity contribution is 9.09. The second-order valence-corrected chi connectivity index (χ2v) is 19.2. The summed E-state index contributed by atoms with van der Waals surface area (Å²) in [5, 5.41) is 36.0. The molecule has 5 heterocycles. The Bertz CT molecular complexity index is 1460. The number of Topliss-reactive ketones (excluding diaryl/α,β-unsaturated/α-hetero) is 1. The summed E-state index contributed by atoms with van der Waals surface area (Å²) in [5.41, 5.74) is -1.67. The fourth-order valence-corrected chi connectivity index (χ4v) is 11.0. The number of amides is 1. The first-order chi connectivity index (χ1) is 26.7. The maximum atomic E-state index is 14.6. The van der Waals surface area contributed by atoms with Crippen LogP contribution in [-0.4, -0.2) is 104 Å². The van der Waals surface area contributed by atoms with Crippen molar-refractivity contribution in [1.82, 2.24) is 5.32 Å². The summed E-state index contributed by atoms with van der Waals surface area (Å²) in [6.45, 7) is 19.7. The van der Waals surface area contributed by atoms with Gasteiger partial charge in [0.25, 0.3) is 0 Å². The second kappa shape index (κ2) is 18.3. The molecule has 0 radical (unpaired) electrons. The van der Waals surface area contributed by atoms with Gasteiger partial charge in [-0.25, -0.2) is 0 Å². The first kappa shape index (κ1) is 46.6. The van der Waals surface area contributed by atoms with Gasteiger partial charge in [-0.15, -0.1) is 0 Å². The number of halogens is 1. The fraction of sp³-hybridized carbons (Fsp3) is 0.886. The van der Waals surface area contributed by atoms with Gasteiger partial charge in [-0.3, -0.25) is 14.4 Å². The molecular weight excluding hydrogens is 798 g/mol. The number of nitrogens with one attached hydrogen (secondary N) is 1. The van der Waals surface area contributed by atoms with E-state index in [4.69, 9.17) is 23.7 Å². The lowest BCUT2D eigenvalue weighted by molar-refractivity contribution is -0.398. The average molecular weight is 871 g/mol. The monoisotopic (exact) mass is 869 g/mol. The number of carboxylic acid groups (broad SMARTS) is 1. The van der Waals surface area contributed by atoms with Gasteiger partial charge >= 0.3 is 5.97 Å². The van der Waals surface area contributed by atoms with E-state index in [0.29, 0.717) is 57.8 Å². The van der Waals surface area contributed by atoms with Crippen LogP contribution in [0.5, 0.6) is 0 Å². The standard InChI is InChI=1S/C44H72BrNO11/c1-11-30(40(50)51)32-15-14-24(4)38(54-32)28(8)36(48)27(7)37(49)31(12-2)39-25(5)22-26(6)43(55-39)19-16-33(46-35(47)23-45)44(57-43)21-20-41(10,56-44)34-17-18-42(52,13-3)29(9)53-34/h16,19,24-34,36,38-39,48,52H,11-15,17-18,20-23H2,1-10H3,(H,46,47)(H,50,51)/t24-,25-,26+,27-,28-,29-,30+,31-,32+,33?,34+,36+,38+,39-,41-,42+,43-,44-/m0/s1. The Kier molecular flexibility index (Phi) is 14.9. The molecule has 4 saturated heterocycles. The van der Waals surface area contributed by atoms with E-state index in [-0.39, 0.29) is 53.1 Å². The number of ketones is 1. The van der Waals surface area contributed by atoms with Crippen LogP contribution in [0.25, 0.3) is 0 Å². The molecule has 12 nitrogen and oxygen atoms in total. The van der Waals surface area contributed by atoms with Gasteiger partial charge in [-0.2, -0.15) is 0 Å². The van der Waals surface area contributed by atoms with Crippen molar-refractivity contribution in [2.45, 2.75) is 199 Å². The van der Waals surface area contributed by atoms with Gasteiger partial charge in [0.1, 0.15) is 11.8 Å². The third-order valence-corrected chi connectivity index (χ3v) is 15.4. The van der Waals surface area contributed by atoms with Crippen molar-refractivity contribution in [2.75, 3.05) is 5.33 Å². The van der Waals surface area contributed by atoms with Gasteiger partial charge in [-0.05, 0) is 89.5 Å². The van der Waals surface area contributed by atoms with Crippen LogP contribution in [0.2, 0.25) is 0 Å². The molecular formula is C44H72BrNO11. The summed E-state index contributed by atoms with van der Waals surface area (Å²) < 4.78 is 34.2. The number of rotatable bonds is 14. The number of carbonyl (C=O) groups excluding carboxylic acids is 2. The molecule has 0 aromatic carbocycles. The van der Waals surface area contributed by atoms with Crippen LogP contribution in [0.4, 0.5) is 0 Å². The number of ether oxygens (including phenoxy) is 5. The van der Waals surface area contributed by atoms with Crippen molar-refractivity contribution in [3.05, 3.63) is 12.2 Å². The Hall–Kier alpha value is -1.45. The van der Waals surface area contributed by atoms with E-state index in [1.165, 1.54) is 0 Å². The zero-order valence-corrected chi connectivity index (χ0v) is 37.6. The highest BCUT2D eigenvalue weighted by Gasteiger charge is 2.63. The number of aliphatic hydroxyl groups is 2. The maximum absolute atomic E-state index is 14.6. The summed E-state index contributed by atoms with van der Waals surface area (Å²) in [5.74, 6) is -6.05. The van der Waals surface area contributed by atoms with Crippen LogP contribution in [0.15, 0.2) is 12.2 Å². The van der Waals surface area contributed by atoms with Gasteiger partial charge in [0.15, 0.2) is 11.6 Å². The minimum absolute atomic E-state index is 0.00581. The summed E-state index contributed by atoms with van der Waals surface area (Å²) in [7, 11) is 0. The number of hydrogen-bond donors (Lipinski definition) is 4. The lowest BCUT2D eigenvalue weighted by atomic mass is 9.72. The van der Waals surface area contributed by atoms with Crippen molar-refractivity contribution in [1.29, 1.82) is 0 Å². The Balaban J connectivity index is 1.37. The number of aliphatic carboxylic acids is 1. The van der Waals surface area contributed by atoms with E-state index >= 15 is 0 Å². The predicted molar refractivity (Wildman–Crippen MR) is 218 cm³/mol. The molecule has 4 N–H and O–H groups in total. The van der Waals surface area contributed by atoms with Crippen molar-refractivity contribution in [3.63, 3.8) is 0 Å². The van der Waals surface area contributed by atoms with Crippen LogP contribution in [0.3, 0.4) is 0 Å². The van der Waals surface area contributed by atoms with E-state index in [0.717, 1.165) is 6.42 Å². The lowest BCUT2D eigenvalue weighted by Gasteiger charge is -2.55. The molecule has 1 amide bonds. The molecule has 0 aromatic heterocycles. The van der Waals surface area contributed by atoms with E-state index < -0.39 is 76.8 Å². The molecule has 0 saturated carbocycles. The molecule has 326 valence electrons. The largest absolute Gasteiger partial charge is 0.481 e. The van der Waals surface area contributed by atoms with Crippen molar-refractivity contribution < 1.29 is 53.4 Å². The Labute approximate surface area is 349 Å². The van der Waals surface area contributed by atoms with Gasteiger partial charge in [-0.1, -0.05) is 77.4 Å². The quantitative estimate of drug-likeness (QED) is 0.108. The number of alkyl halides is 1. The highest BCUT2D eigenvalue weighted by Crippen LogP contribution is 2.54. The van der Waals surface area contributed by atoms with Crippen molar-refractivity contribution >= 4 is 33.6 Å². The second-order valence-electron chi connectivity index (χ2n) is 18.6. The summed E-state index contributed by atoms with van der Waals surface area (Å²) in [6, 6.07) is -0.621. The normalized spacial score (nSPS) is 43.6. The lowest BCUT2D eigenvalue weighted by Crippen LogP contribution is -2.65. The molecule has 5 rings (SSSR count). The third kappa shape index (κ3) is 9.12. The van der Waals surface area contributed by atoms with Crippen LogP contribution in [0.1, 0.15) is 133 Å².